The van der Waals surface area contributed by atoms with E-state index >= 15 is 0 Å². The molecule has 6 heteroatoms. The van der Waals surface area contributed by atoms with Crippen LogP contribution in [0, 0.1) is 17.8 Å². The average molecular weight is 442 g/mol. The zero-order valence-electron chi connectivity index (χ0n) is 16.5. The lowest BCUT2D eigenvalue weighted by atomic mass is 10.1. The van der Waals surface area contributed by atoms with Gasteiger partial charge in [0, 0.05) is 18.0 Å². The van der Waals surface area contributed by atoms with Crippen LogP contribution in [0.1, 0.15) is 14.4 Å². The molecule has 1 aromatic heterocycles. The molecule has 1 aliphatic carbocycles. The second-order valence-electron chi connectivity index (χ2n) is 7.57. The molecule has 5 rings (SSSR count). The fourth-order valence-electron chi connectivity index (χ4n) is 3.89. The van der Waals surface area contributed by atoms with Crippen LogP contribution in [-0.4, -0.2) is 34.4 Å². The molecule has 2 fully saturated rings. The molecule has 0 amide bonds. The molecule has 2 aliphatic rings. The van der Waals surface area contributed by atoms with Gasteiger partial charge in [-0.2, -0.15) is 0 Å². The topological polar surface area (TPSA) is 49.2 Å². The van der Waals surface area contributed by atoms with Crippen LogP contribution in [-0.2, 0) is 0 Å². The Hall–Kier alpha value is -2.24. The Morgan fingerprint density at radius 3 is 1.93 bits per heavy atom. The molecule has 0 radical (unpaired) electrons. The smallest absolute Gasteiger partial charge is 0.225 e. The summed E-state index contributed by atoms with van der Waals surface area (Å²) in [5.41, 5.74) is 2.30. The van der Waals surface area contributed by atoms with Crippen molar-refractivity contribution in [2.45, 2.75) is 19.2 Å². The lowest BCUT2D eigenvalue weighted by molar-refractivity contribution is 0.475. The van der Waals surface area contributed by atoms with Crippen LogP contribution in [0.2, 0.25) is 5.02 Å². The highest BCUT2D eigenvalue weighted by Gasteiger charge is 2.53. The molecule has 4 nitrogen and oxygen atoms in total. The van der Waals surface area contributed by atoms with Gasteiger partial charge >= 0.3 is 0 Å². The first-order chi connectivity index (χ1) is 14.0. The van der Waals surface area contributed by atoms with Crippen molar-refractivity contribution in [2.75, 3.05) is 24.2 Å². The maximum atomic E-state index is 9.18. The number of halogens is 1. The molecule has 1 N–H and O–H groups in total. The summed E-state index contributed by atoms with van der Waals surface area (Å²) < 4.78 is 0. The van der Waals surface area contributed by atoms with E-state index in [4.69, 9.17) is 11.6 Å². The number of anilines is 1. The number of aromatic nitrogens is 2. The minimum Gasteiger partial charge on any atom is -0.508 e. The van der Waals surface area contributed by atoms with Crippen molar-refractivity contribution in [3.8, 4) is 16.9 Å². The molecule has 2 unspecified atom stereocenters. The first-order valence-electron chi connectivity index (χ1n) is 9.71. The van der Waals surface area contributed by atoms with Gasteiger partial charge in [0.05, 0.1) is 17.4 Å². The Morgan fingerprint density at radius 2 is 1.43 bits per heavy atom. The maximum absolute atomic E-state index is 9.18. The van der Waals surface area contributed by atoms with Gasteiger partial charge in [0.1, 0.15) is 5.75 Å². The van der Waals surface area contributed by atoms with Crippen molar-refractivity contribution in [1.29, 1.82) is 0 Å². The highest BCUT2D eigenvalue weighted by Crippen LogP contribution is 2.51. The summed E-state index contributed by atoms with van der Waals surface area (Å²) in [6, 6.07) is 15.7. The second kappa shape index (κ2) is 9.71. The van der Waals surface area contributed by atoms with Crippen molar-refractivity contribution >= 4 is 29.3 Å². The van der Waals surface area contributed by atoms with Crippen LogP contribution in [0.25, 0.3) is 11.1 Å². The molecule has 158 valence electrons. The number of phenols is 1. The van der Waals surface area contributed by atoms with Crippen molar-refractivity contribution in [3.05, 3.63) is 65.9 Å². The van der Waals surface area contributed by atoms with Crippen LogP contribution in [0.3, 0.4) is 0 Å². The third-order valence-electron chi connectivity index (χ3n) is 5.80. The fraction of sp³-hybridized carbons (Fsp3) is 0.333. The van der Waals surface area contributed by atoms with Gasteiger partial charge < -0.3 is 10.0 Å². The van der Waals surface area contributed by atoms with Crippen LogP contribution in [0.5, 0.6) is 5.75 Å². The molecule has 2 aromatic carbocycles. The van der Waals surface area contributed by atoms with Gasteiger partial charge in [0.25, 0.3) is 0 Å². The predicted octanol–water partition coefficient (Wildman–Crippen LogP) is 6.25. The summed E-state index contributed by atoms with van der Waals surface area (Å²) in [6.07, 6.45) is 5.39. The quantitative estimate of drug-likeness (QED) is 0.487. The lowest BCUT2D eigenvalue weighted by Gasteiger charge is -2.18. The number of hydrogen-bond acceptors (Lipinski definition) is 5. The number of aromatic hydroxyl groups is 1. The minimum atomic E-state index is 0. The monoisotopic (exact) mass is 441 g/mol. The highest BCUT2D eigenvalue weighted by atomic mass is 35.5. The molecule has 1 saturated carbocycles. The Kier molecular flexibility index (Phi) is 7.27. The first-order valence-corrected chi connectivity index (χ1v) is 11.3. The number of thioether (sulfide) groups is 1. The van der Waals surface area contributed by atoms with Crippen LogP contribution in [0.15, 0.2) is 65.8 Å². The van der Waals surface area contributed by atoms with E-state index in [-0.39, 0.29) is 7.43 Å². The number of benzene rings is 2. The van der Waals surface area contributed by atoms with Gasteiger partial charge in [0.2, 0.25) is 5.95 Å². The largest absolute Gasteiger partial charge is 0.508 e. The lowest BCUT2D eigenvalue weighted by Crippen LogP contribution is -2.25. The van der Waals surface area contributed by atoms with Crippen molar-refractivity contribution in [2.24, 2.45) is 17.8 Å². The summed E-state index contributed by atoms with van der Waals surface area (Å²) in [6.45, 7) is 4.57. The number of piperidine rings is 1. The third-order valence-corrected chi connectivity index (χ3v) is 6.74. The summed E-state index contributed by atoms with van der Waals surface area (Å²) in [5.74, 6) is 3.82. The first kappa shape index (κ1) is 22.4. The van der Waals surface area contributed by atoms with E-state index < -0.39 is 0 Å². The fourth-order valence-corrected chi connectivity index (χ4v) is 4.40. The summed E-state index contributed by atoms with van der Waals surface area (Å²) >= 11 is 7.47. The van der Waals surface area contributed by atoms with Gasteiger partial charge in [-0.3, -0.25) is 0 Å². The number of nitrogens with zero attached hydrogens (tertiary/aromatic N) is 3. The summed E-state index contributed by atoms with van der Waals surface area (Å²) in [5, 5.41) is 9.79. The van der Waals surface area contributed by atoms with Gasteiger partial charge in [0.15, 0.2) is 0 Å². The van der Waals surface area contributed by atoms with E-state index in [0.29, 0.717) is 10.8 Å². The molecule has 1 saturated heterocycles. The predicted molar refractivity (Wildman–Crippen MR) is 127 cm³/mol. The van der Waals surface area contributed by atoms with Crippen molar-refractivity contribution < 1.29 is 5.11 Å². The normalized spacial score (nSPS) is 21.2. The minimum absolute atomic E-state index is 0. The van der Waals surface area contributed by atoms with E-state index in [1.807, 2.05) is 12.1 Å². The van der Waals surface area contributed by atoms with Crippen LogP contribution in [0.4, 0.5) is 5.95 Å². The Morgan fingerprint density at radius 1 is 0.933 bits per heavy atom. The van der Waals surface area contributed by atoms with E-state index in [2.05, 4.69) is 52.3 Å². The summed E-state index contributed by atoms with van der Waals surface area (Å²) in [7, 11) is 0. The highest BCUT2D eigenvalue weighted by molar-refractivity contribution is 7.98. The molecule has 1 aliphatic heterocycles. The summed E-state index contributed by atoms with van der Waals surface area (Å²) in [4.78, 5) is 12.0. The standard InChI is InChI=1S/C13H12OS.C10H12ClN3.CH4/c1-15-13-8-4-11(5-9-13)10-2-6-12(14)7-3-10;1-6-8-4-14(5-9(6)8)10-12-2-7(11)3-13-10;/h2-9,14H,1H3;2-3,6,8-9H,4-5H2,1H3;1H4. The zero-order valence-corrected chi connectivity index (χ0v) is 18.1. The van der Waals surface area contributed by atoms with Gasteiger partial charge in [-0.05, 0) is 59.4 Å². The van der Waals surface area contributed by atoms with Crippen LogP contribution < -0.4 is 4.90 Å². The molecule has 2 heterocycles. The van der Waals surface area contributed by atoms with E-state index in [1.165, 1.54) is 10.5 Å². The van der Waals surface area contributed by atoms with Gasteiger partial charge in [-0.25, -0.2) is 9.97 Å². The third kappa shape index (κ3) is 5.08. The Bertz CT molecular complexity index is 936. The molecule has 0 bridgehead atoms. The SMILES string of the molecule is C.CC1C2CN(c3ncc(Cl)cn3)CC12.CSc1ccc(-c2ccc(O)cc2)cc1. The van der Waals surface area contributed by atoms with Crippen LogP contribution >= 0.6 is 23.4 Å². The average Bonchev–Trinajstić information content (AvgIpc) is 3.15. The number of fused-ring (bicyclic) bond motifs is 1. The number of rotatable bonds is 3. The number of hydrogen-bond donors (Lipinski definition) is 1. The number of phenolic OH excluding ortho intramolecular Hbond substituents is 1. The maximum Gasteiger partial charge on any atom is 0.225 e. The molecule has 3 aromatic rings. The van der Waals surface area contributed by atoms with Crippen molar-refractivity contribution in [3.63, 3.8) is 0 Å². The molecule has 30 heavy (non-hydrogen) atoms. The molecular weight excluding hydrogens is 414 g/mol. The molecular formula is C24H28ClN3OS. The second-order valence-corrected chi connectivity index (χ2v) is 8.88. The molecule has 2 atom stereocenters. The van der Waals surface area contributed by atoms with Crippen molar-refractivity contribution in [1.82, 2.24) is 9.97 Å². The zero-order chi connectivity index (χ0) is 20.4. The molecule has 0 spiro atoms. The van der Waals surface area contributed by atoms with E-state index in [1.54, 1.807) is 36.3 Å². The Labute approximate surface area is 188 Å². The van der Waals surface area contributed by atoms with Gasteiger partial charge in [-0.15, -0.1) is 11.8 Å². The van der Waals surface area contributed by atoms with E-state index in [0.717, 1.165) is 42.4 Å². The van der Waals surface area contributed by atoms with E-state index in [9.17, 15) is 5.11 Å². The van der Waals surface area contributed by atoms with Gasteiger partial charge in [-0.1, -0.05) is 50.2 Å². The Balaban J connectivity index is 0.000000165.